The van der Waals surface area contributed by atoms with Crippen LogP contribution in [0, 0.1) is 20.8 Å². The van der Waals surface area contributed by atoms with E-state index in [1.807, 2.05) is 71.0 Å². The van der Waals surface area contributed by atoms with E-state index in [2.05, 4.69) is 27.2 Å². The van der Waals surface area contributed by atoms with Crippen LogP contribution >= 0.6 is 0 Å². The van der Waals surface area contributed by atoms with E-state index in [1.54, 1.807) is 36.1 Å². The minimum atomic E-state index is -4.58. The van der Waals surface area contributed by atoms with E-state index in [9.17, 15) is 21.6 Å². The SMILES string of the molecule is Cc1ccc(S(=O)(=O)Oc2cc(OS(=O)(=O)c3ccc(C)cc3)c(C(=O)N3Cc4ccc(CN5CCN(CCOCCOCCOCCNC(=O)OC(C)(C)C)CC5)cc4C3)c(OCc3ccccc3)c2C)cc1. The standard InChI is InChI=1S/C55H68N4O13S2/c1-40-12-18-47(19-13-40)73(62,63)71-49-35-50(72-74(64,65)48-20-14-41(2)15-21-48)51(52(42(49)3)69-39-43-10-8-7-9-11-43)53(60)59-37-45-17-16-44(34-46(45)38-59)36-58-25-23-57(24-26-58)27-29-67-31-33-68-32-30-66-28-22-56-54(61)70-55(4,5)6/h7-21,34-35H,22-33,36-39H2,1-6H3,(H,56,61). The van der Waals surface area contributed by atoms with Crippen molar-refractivity contribution in [3.63, 3.8) is 0 Å². The highest BCUT2D eigenvalue weighted by molar-refractivity contribution is 7.87. The number of aryl methyl sites for hydroxylation is 2. The summed E-state index contributed by atoms with van der Waals surface area (Å²) in [5.41, 5.74) is 4.83. The topological polar surface area (TPSA) is 189 Å². The molecule has 74 heavy (non-hydrogen) atoms. The van der Waals surface area contributed by atoms with Gasteiger partial charge in [-0.05, 0) is 88.1 Å². The van der Waals surface area contributed by atoms with E-state index in [1.165, 1.54) is 24.3 Å². The molecule has 17 nitrogen and oxygen atoms in total. The summed E-state index contributed by atoms with van der Waals surface area (Å²) in [7, 11) is -9.04. The van der Waals surface area contributed by atoms with Gasteiger partial charge in [-0.3, -0.25) is 14.6 Å². The highest BCUT2D eigenvalue weighted by Crippen LogP contribution is 2.43. The van der Waals surface area contributed by atoms with Crippen molar-refractivity contribution in [3.05, 3.63) is 148 Å². The number of nitrogens with one attached hydrogen (secondary N) is 1. The van der Waals surface area contributed by atoms with Gasteiger partial charge < -0.3 is 42.3 Å². The highest BCUT2D eigenvalue weighted by Gasteiger charge is 2.35. The molecule has 0 atom stereocenters. The van der Waals surface area contributed by atoms with E-state index >= 15 is 4.79 Å². The maximum absolute atomic E-state index is 15.1. The summed E-state index contributed by atoms with van der Waals surface area (Å²) in [4.78, 5) is 32.9. The molecule has 2 aliphatic rings. The van der Waals surface area contributed by atoms with Crippen molar-refractivity contribution in [3.8, 4) is 17.2 Å². The Hall–Kier alpha value is -6.06. The third kappa shape index (κ3) is 16.0. The number of rotatable bonds is 24. The smallest absolute Gasteiger partial charge is 0.407 e. The quantitative estimate of drug-likeness (QED) is 0.0470. The number of amides is 2. The molecule has 0 unspecified atom stereocenters. The molecule has 398 valence electrons. The summed E-state index contributed by atoms with van der Waals surface area (Å²) in [6.45, 7) is 19.3. The van der Waals surface area contributed by atoms with Gasteiger partial charge in [0.15, 0.2) is 11.5 Å². The van der Waals surface area contributed by atoms with Crippen molar-refractivity contribution in [2.75, 3.05) is 78.9 Å². The van der Waals surface area contributed by atoms with Crippen molar-refractivity contribution < 1.29 is 58.5 Å². The predicted molar refractivity (Wildman–Crippen MR) is 278 cm³/mol. The molecule has 7 rings (SSSR count). The van der Waals surface area contributed by atoms with Crippen molar-refractivity contribution >= 4 is 32.2 Å². The van der Waals surface area contributed by atoms with Crippen molar-refractivity contribution in [1.29, 1.82) is 0 Å². The second-order valence-electron chi connectivity index (χ2n) is 19.3. The molecule has 0 bridgehead atoms. The van der Waals surface area contributed by atoms with Crippen LogP contribution in [0.4, 0.5) is 4.79 Å². The van der Waals surface area contributed by atoms with E-state index in [0.29, 0.717) is 46.2 Å². The molecular formula is C55H68N4O13S2. The third-order valence-electron chi connectivity index (χ3n) is 12.3. The van der Waals surface area contributed by atoms with Crippen LogP contribution in [0.5, 0.6) is 17.2 Å². The van der Waals surface area contributed by atoms with Crippen LogP contribution in [-0.4, -0.2) is 128 Å². The van der Waals surface area contributed by atoms with Crippen molar-refractivity contribution in [2.45, 2.75) is 83.2 Å². The first-order chi connectivity index (χ1) is 35.3. The molecule has 0 aromatic heterocycles. The first-order valence-corrected chi connectivity index (χ1v) is 27.6. The average molecular weight is 1060 g/mol. The summed E-state index contributed by atoms with van der Waals surface area (Å²) in [5.74, 6) is -1.37. The molecule has 0 radical (unpaired) electrons. The van der Waals surface area contributed by atoms with Gasteiger partial charge in [-0.2, -0.15) is 16.8 Å². The Bertz CT molecular complexity index is 2910. The second kappa shape index (κ2) is 25.5. The Morgan fingerprint density at radius 1 is 0.608 bits per heavy atom. The maximum atomic E-state index is 15.1. The summed E-state index contributed by atoms with van der Waals surface area (Å²) in [6, 6.07) is 28.7. The summed E-state index contributed by atoms with van der Waals surface area (Å²) >= 11 is 0. The molecule has 2 heterocycles. The summed E-state index contributed by atoms with van der Waals surface area (Å²) in [5, 5.41) is 2.65. The number of nitrogens with zero attached hydrogens (tertiary/aromatic N) is 3. The fourth-order valence-electron chi connectivity index (χ4n) is 8.27. The molecule has 1 fully saturated rings. The van der Waals surface area contributed by atoms with Gasteiger partial charge in [0.2, 0.25) is 0 Å². The number of ether oxygens (including phenoxy) is 5. The molecule has 0 aliphatic carbocycles. The number of hydrogen-bond donors (Lipinski definition) is 1. The van der Waals surface area contributed by atoms with Gasteiger partial charge in [-0.1, -0.05) is 83.9 Å². The van der Waals surface area contributed by atoms with Crippen LogP contribution in [0.2, 0.25) is 0 Å². The molecule has 0 spiro atoms. The van der Waals surface area contributed by atoms with Gasteiger partial charge >= 0.3 is 26.3 Å². The molecule has 5 aromatic rings. The first kappa shape index (κ1) is 55.7. The van der Waals surface area contributed by atoms with Crippen LogP contribution in [0.3, 0.4) is 0 Å². The molecule has 19 heteroatoms. The number of piperazine rings is 1. The van der Waals surface area contributed by atoms with Crippen LogP contribution in [-0.2, 0) is 65.4 Å². The second-order valence-corrected chi connectivity index (χ2v) is 22.4. The van der Waals surface area contributed by atoms with E-state index in [0.717, 1.165) is 78.7 Å². The molecular weight excluding hydrogens is 989 g/mol. The maximum Gasteiger partial charge on any atom is 0.407 e. The largest absolute Gasteiger partial charge is 0.487 e. The molecule has 2 amide bonds. The van der Waals surface area contributed by atoms with E-state index in [4.69, 9.17) is 32.1 Å². The molecule has 5 aromatic carbocycles. The Labute approximate surface area is 435 Å². The van der Waals surface area contributed by atoms with Gasteiger partial charge in [0.25, 0.3) is 5.91 Å². The van der Waals surface area contributed by atoms with Crippen molar-refractivity contribution in [1.82, 2.24) is 20.0 Å². The number of carbonyl (C=O) groups excluding carboxylic acids is 2. The number of carbonyl (C=O) groups is 2. The Morgan fingerprint density at radius 3 is 1.77 bits per heavy atom. The predicted octanol–water partition coefficient (Wildman–Crippen LogP) is 7.57. The summed E-state index contributed by atoms with van der Waals surface area (Å²) in [6.07, 6.45) is -0.469. The molecule has 1 saturated heterocycles. The van der Waals surface area contributed by atoms with Crippen LogP contribution < -0.4 is 18.4 Å². The van der Waals surface area contributed by atoms with E-state index < -0.39 is 43.6 Å². The zero-order chi connectivity index (χ0) is 52.9. The van der Waals surface area contributed by atoms with Crippen LogP contribution in [0.25, 0.3) is 0 Å². The normalized spacial score (nSPS) is 14.4. The van der Waals surface area contributed by atoms with Crippen LogP contribution in [0.15, 0.2) is 113 Å². The minimum absolute atomic E-state index is 0.0417. The Kier molecular flexibility index (Phi) is 19.2. The minimum Gasteiger partial charge on any atom is -0.487 e. The van der Waals surface area contributed by atoms with Gasteiger partial charge in [-0.25, -0.2) is 4.79 Å². The first-order valence-electron chi connectivity index (χ1n) is 24.7. The molecule has 1 N–H and O–H groups in total. The average Bonchev–Trinajstić information content (AvgIpc) is 3.79. The van der Waals surface area contributed by atoms with Crippen LogP contribution in [0.1, 0.15) is 70.1 Å². The monoisotopic (exact) mass is 1060 g/mol. The Morgan fingerprint density at radius 2 is 1.16 bits per heavy atom. The lowest BCUT2D eigenvalue weighted by atomic mass is 10.1. The third-order valence-corrected chi connectivity index (χ3v) is 14.8. The zero-order valence-electron chi connectivity index (χ0n) is 43.1. The van der Waals surface area contributed by atoms with Gasteiger partial charge in [0.1, 0.15) is 33.3 Å². The van der Waals surface area contributed by atoms with Gasteiger partial charge in [0, 0.05) is 70.5 Å². The van der Waals surface area contributed by atoms with Gasteiger partial charge in [-0.15, -0.1) is 0 Å². The zero-order valence-corrected chi connectivity index (χ0v) is 44.7. The fourth-order valence-corrected chi connectivity index (χ4v) is 10.2. The lowest BCUT2D eigenvalue weighted by molar-refractivity contribution is 0.00749. The van der Waals surface area contributed by atoms with Crippen molar-refractivity contribution in [2.24, 2.45) is 0 Å². The highest BCUT2D eigenvalue weighted by atomic mass is 32.2. The molecule has 0 saturated carbocycles. The number of benzene rings is 5. The van der Waals surface area contributed by atoms with Gasteiger partial charge in [0.05, 0.1) is 39.6 Å². The lowest BCUT2D eigenvalue weighted by Crippen LogP contribution is -2.46. The number of fused-ring (bicyclic) bond motifs is 1. The fraction of sp³-hybridized carbons (Fsp3) is 0.418. The lowest BCUT2D eigenvalue weighted by Gasteiger charge is -2.34. The number of alkyl carbamates (subject to hydrolysis) is 1. The van der Waals surface area contributed by atoms with E-state index in [-0.39, 0.29) is 52.1 Å². The Balaban J connectivity index is 0.973. The number of hydrogen-bond acceptors (Lipinski definition) is 15. The molecule has 2 aliphatic heterocycles. The summed E-state index contributed by atoms with van der Waals surface area (Å²) < 4.78 is 95.6.